The van der Waals surface area contributed by atoms with Crippen LogP contribution in [0.15, 0.2) is 30.6 Å². The van der Waals surface area contributed by atoms with E-state index in [1.807, 2.05) is 18.2 Å². The molecule has 3 N–H and O–H groups in total. The Bertz CT molecular complexity index is 636. The van der Waals surface area contributed by atoms with Crippen molar-refractivity contribution in [2.45, 2.75) is 12.2 Å². The predicted octanol–water partition coefficient (Wildman–Crippen LogP) is 2.85. The van der Waals surface area contributed by atoms with Gasteiger partial charge in [0, 0.05) is 23.5 Å². The third kappa shape index (κ3) is 3.60. The van der Waals surface area contributed by atoms with E-state index in [4.69, 9.17) is 16.4 Å². The number of thioether (sulfide) groups is 1. The third-order valence-corrected chi connectivity index (χ3v) is 3.44. The Morgan fingerprint density at radius 1 is 1.42 bits per heavy atom. The van der Waals surface area contributed by atoms with Crippen LogP contribution < -0.4 is 5.73 Å². The number of fused-ring (bicyclic) bond motifs is 1. The normalized spacial score (nSPS) is 9.63. The molecule has 0 aliphatic heterocycles. The second-order valence-corrected chi connectivity index (χ2v) is 4.81. The Morgan fingerprint density at radius 3 is 2.89 bits per heavy atom. The van der Waals surface area contributed by atoms with Gasteiger partial charge in [-0.1, -0.05) is 23.9 Å². The molecule has 1 aromatic heterocycles. The maximum atomic E-state index is 8.94. The smallest absolute Gasteiger partial charge is 0.151 e. The Morgan fingerprint density at radius 2 is 2.21 bits per heavy atom. The monoisotopic (exact) mass is 292 g/mol. The molecule has 1 heterocycles. The SMILES string of the molecule is Cl.N#CCc1c(CSC(=N)N)ccc2ccncc12. The molecular formula is C13H13ClN4S. The Labute approximate surface area is 121 Å². The minimum atomic E-state index is 0. The summed E-state index contributed by atoms with van der Waals surface area (Å²) in [6, 6.07) is 8.11. The maximum Gasteiger partial charge on any atom is 0.151 e. The summed E-state index contributed by atoms with van der Waals surface area (Å²) in [6.07, 6.45) is 3.86. The molecule has 0 radical (unpaired) electrons. The number of hydrogen-bond donors (Lipinski definition) is 2. The molecule has 0 spiro atoms. The van der Waals surface area contributed by atoms with Crippen molar-refractivity contribution in [1.29, 1.82) is 10.7 Å². The molecule has 0 bridgehead atoms. The van der Waals surface area contributed by atoms with E-state index < -0.39 is 0 Å². The van der Waals surface area contributed by atoms with Crippen molar-refractivity contribution < 1.29 is 0 Å². The highest BCUT2D eigenvalue weighted by Crippen LogP contribution is 2.25. The molecule has 0 amide bonds. The van der Waals surface area contributed by atoms with Gasteiger partial charge in [-0.15, -0.1) is 12.4 Å². The van der Waals surface area contributed by atoms with Gasteiger partial charge < -0.3 is 5.73 Å². The summed E-state index contributed by atoms with van der Waals surface area (Å²) < 4.78 is 0. The number of aromatic nitrogens is 1. The maximum absolute atomic E-state index is 8.94. The summed E-state index contributed by atoms with van der Waals surface area (Å²) in [5.74, 6) is 0.608. The van der Waals surface area contributed by atoms with Crippen LogP contribution in [0.1, 0.15) is 11.1 Å². The first kappa shape index (κ1) is 15.3. The van der Waals surface area contributed by atoms with Crippen LogP contribution in [0.3, 0.4) is 0 Å². The first-order valence-electron chi connectivity index (χ1n) is 5.40. The van der Waals surface area contributed by atoms with Gasteiger partial charge in [-0.3, -0.25) is 10.4 Å². The van der Waals surface area contributed by atoms with E-state index in [1.165, 1.54) is 11.8 Å². The largest absolute Gasteiger partial charge is 0.379 e. The minimum absolute atomic E-state index is 0. The van der Waals surface area contributed by atoms with Gasteiger partial charge in [-0.05, 0) is 22.6 Å². The van der Waals surface area contributed by atoms with Crippen LogP contribution in [0.5, 0.6) is 0 Å². The molecule has 0 saturated heterocycles. The first-order chi connectivity index (χ1) is 8.72. The van der Waals surface area contributed by atoms with Crippen molar-refractivity contribution in [2.24, 2.45) is 5.73 Å². The van der Waals surface area contributed by atoms with E-state index >= 15 is 0 Å². The predicted molar refractivity (Wildman–Crippen MR) is 81.5 cm³/mol. The zero-order chi connectivity index (χ0) is 13.0. The molecular weight excluding hydrogens is 280 g/mol. The lowest BCUT2D eigenvalue weighted by Crippen LogP contribution is -2.04. The van der Waals surface area contributed by atoms with Crippen LogP contribution in [0, 0.1) is 16.7 Å². The number of rotatable bonds is 3. The molecule has 0 unspecified atom stereocenters. The van der Waals surface area contributed by atoms with E-state index in [1.54, 1.807) is 12.4 Å². The average Bonchev–Trinajstić information content (AvgIpc) is 2.38. The molecule has 0 fully saturated rings. The number of nitriles is 1. The van der Waals surface area contributed by atoms with Crippen molar-refractivity contribution >= 4 is 40.1 Å². The van der Waals surface area contributed by atoms with Gasteiger partial charge in [-0.25, -0.2) is 0 Å². The van der Waals surface area contributed by atoms with Crippen LogP contribution in [0.25, 0.3) is 10.8 Å². The number of halogens is 1. The number of nitrogens with two attached hydrogens (primary N) is 1. The molecule has 0 saturated carbocycles. The Kier molecular flexibility index (Phi) is 5.61. The lowest BCUT2D eigenvalue weighted by Gasteiger charge is -2.09. The molecule has 4 nitrogen and oxygen atoms in total. The molecule has 19 heavy (non-hydrogen) atoms. The fourth-order valence-corrected chi connectivity index (χ4v) is 2.43. The van der Waals surface area contributed by atoms with Gasteiger partial charge in [0.2, 0.25) is 0 Å². The molecule has 2 rings (SSSR count). The third-order valence-electron chi connectivity index (χ3n) is 2.67. The van der Waals surface area contributed by atoms with Gasteiger partial charge >= 0.3 is 0 Å². The van der Waals surface area contributed by atoms with E-state index in [9.17, 15) is 0 Å². The van der Waals surface area contributed by atoms with Crippen molar-refractivity contribution in [2.75, 3.05) is 0 Å². The highest BCUT2D eigenvalue weighted by Gasteiger charge is 2.08. The van der Waals surface area contributed by atoms with E-state index in [0.29, 0.717) is 12.2 Å². The van der Waals surface area contributed by atoms with E-state index in [-0.39, 0.29) is 17.6 Å². The Hall–Kier alpha value is -1.77. The molecule has 0 aliphatic carbocycles. The van der Waals surface area contributed by atoms with Crippen LogP contribution in [0.2, 0.25) is 0 Å². The molecule has 2 aromatic rings. The number of amidine groups is 1. The standard InChI is InChI=1S/C13H12N4S.ClH/c14-5-3-11-10(8-18-13(15)16)2-1-9-4-6-17-7-12(9)11;/h1-2,4,6-7H,3,8H2,(H3,15,16);1H. The number of hydrogen-bond acceptors (Lipinski definition) is 4. The summed E-state index contributed by atoms with van der Waals surface area (Å²) in [5.41, 5.74) is 7.37. The fraction of sp³-hybridized carbons (Fsp3) is 0.154. The van der Waals surface area contributed by atoms with Crippen molar-refractivity contribution in [3.63, 3.8) is 0 Å². The van der Waals surface area contributed by atoms with Crippen molar-refractivity contribution in [3.05, 3.63) is 41.7 Å². The zero-order valence-corrected chi connectivity index (χ0v) is 11.7. The zero-order valence-electron chi connectivity index (χ0n) is 10.1. The highest BCUT2D eigenvalue weighted by atomic mass is 35.5. The van der Waals surface area contributed by atoms with Gasteiger partial charge in [-0.2, -0.15) is 5.26 Å². The van der Waals surface area contributed by atoms with E-state index in [2.05, 4.69) is 11.1 Å². The fourth-order valence-electron chi connectivity index (χ4n) is 1.85. The second-order valence-electron chi connectivity index (χ2n) is 3.79. The van der Waals surface area contributed by atoms with Crippen LogP contribution >= 0.6 is 24.2 Å². The number of nitrogens with zero attached hydrogens (tertiary/aromatic N) is 2. The lowest BCUT2D eigenvalue weighted by atomic mass is 9.99. The quantitative estimate of drug-likeness (QED) is 0.673. The topological polar surface area (TPSA) is 86.5 Å². The summed E-state index contributed by atoms with van der Waals surface area (Å²) in [5, 5.41) is 18.3. The lowest BCUT2D eigenvalue weighted by molar-refractivity contribution is 1.22. The van der Waals surface area contributed by atoms with Crippen LogP contribution in [-0.4, -0.2) is 10.2 Å². The van der Waals surface area contributed by atoms with Gasteiger partial charge in [0.15, 0.2) is 5.17 Å². The molecule has 98 valence electrons. The summed E-state index contributed by atoms with van der Waals surface area (Å²) >= 11 is 1.26. The minimum Gasteiger partial charge on any atom is -0.379 e. The van der Waals surface area contributed by atoms with Gasteiger partial charge in [0.05, 0.1) is 12.5 Å². The van der Waals surface area contributed by atoms with Crippen LogP contribution in [0.4, 0.5) is 0 Å². The molecule has 1 aromatic carbocycles. The van der Waals surface area contributed by atoms with Gasteiger partial charge in [0.1, 0.15) is 0 Å². The van der Waals surface area contributed by atoms with Gasteiger partial charge in [0.25, 0.3) is 0 Å². The number of benzene rings is 1. The number of nitrogens with one attached hydrogen (secondary N) is 1. The second kappa shape index (κ2) is 6.98. The first-order valence-corrected chi connectivity index (χ1v) is 6.39. The Balaban J connectivity index is 0.00000180. The van der Waals surface area contributed by atoms with E-state index in [0.717, 1.165) is 21.9 Å². The summed E-state index contributed by atoms with van der Waals surface area (Å²) in [7, 11) is 0. The highest BCUT2D eigenvalue weighted by molar-refractivity contribution is 8.13. The average molecular weight is 293 g/mol. The molecule has 0 atom stereocenters. The van der Waals surface area contributed by atoms with Crippen LogP contribution in [-0.2, 0) is 12.2 Å². The molecule has 0 aliphatic rings. The summed E-state index contributed by atoms with van der Waals surface area (Å²) in [6.45, 7) is 0. The molecule has 6 heteroatoms. The summed E-state index contributed by atoms with van der Waals surface area (Å²) in [4.78, 5) is 4.11. The van der Waals surface area contributed by atoms with Crippen molar-refractivity contribution in [3.8, 4) is 6.07 Å². The van der Waals surface area contributed by atoms with Crippen molar-refractivity contribution in [1.82, 2.24) is 4.98 Å². The number of pyridine rings is 1.